The number of nitrogens with zero attached hydrogens (tertiary/aromatic N) is 2. The average Bonchev–Trinajstić information content (AvgIpc) is 2.38. The minimum atomic E-state index is -0.554. The molecule has 1 rings (SSSR count). The van der Waals surface area contributed by atoms with Crippen LogP contribution in [0.15, 0.2) is 46.5 Å². The van der Waals surface area contributed by atoms with Crippen LogP contribution in [-0.2, 0) is 9.53 Å². The number of ether oxygens (including phenoxy) is 1. The van der Waals surface area contributed by atoms with Gasteiger partial charge in [-0.25, -0.2) is 4.79 Å². The summed E-state index contributed by atoms with van der Waals surface area (Å²) < 4.78 is 4.59. The summed E-state index contributed by atoms with van der Waals surface area (Å²) >= 11 is 0. The minimum absolute atomic E-state index is 0.199. The molecule has 18 heavy (non-hydrogen) atoms. The summed E-state index contributed by atoms with van der Waals surface area (Å²) in [7, 11) is 1.25. The van der Waals surface area contributed by atoms with Gasteiger partial charge in [0.1, 0.15) is 11.9 Å². The normalized spacial score (nSPS) is 11.6. The number of Topliss-reactive ketones (excluding diaryl/α,β-unsaturated/α-hetero) is 1. The number of hydrogen-bond donors (Lipinski definition) is 1. The van der Waals surface area contributed by atoms with Gasteiger partial charge < -0.3 is 9.84 Å². The number of methoxy groups -OCH3 is 1. The van der Waals surface area contributed by atoms with Crippen molar-refractivity contribution in [1.29, 1.82) is 0 Å². The van der Waals surface area contributed by atoms with Gasteiger partial charge in [0.25, 0.3) is 0 Å². The Labute approximate surface area is 104 Å². The van der Waals surface area contributed by atoms with E-state index in [2.05, 4.69) is 15.0 Å². The first-order valence-corrected chi connectivity index (χ1v) is 5.04. The first-order valence-electron chi connectivity index (χ1n) is 5.04. The smallest absolute Gasteiger partial charge is 0.340 e. The van der Waals surface area contributed by atoms with Gasteiger partial charge in [0, 0.05) is 6.92 Å². The molecule has 0 bridgehead atoms. The van der Waals surface area contributed by atoms with Crippen LogP contribution in [-0.4, -0.2) is 24.0 Å². The van der Waals surface area contributed by atoms with Crippen LogP contribution < -0.4 is 0 Å². The fourth-order valence-corrected chi connectivity index (χ4v) is 1.14. The topological polar surface area (TPSA) is 88.3 Å². The van der Waals surface area contributed by atoms with Gasteiger partial charge in [-0.2, -0.15) is 0 Å². The van der Waals surface area contributed by atoms with Gasteiger partial charge in [-0.1, -0.05) is 12.1 Å². The Kier molecular flexibility index (Phi) is 4.74. The minimum Gasteiger partial charge on any atom is -0.513 e. The van der Waals surface area contributed by atoms with Crippen LogP contribution in [0.25, 0.3) is 0 Å². The zero-order chi connectivity index (χ0) is 13.5. The third-order valence-corrected chi connectivity index (χ3v) is 2.06. The molecule has 1 aromatic carbocycles. The Morgan fingerprint density at radius 1 is 1.33 bits per heavy atom. The van der Waals surface area contributed by atoms with Crippen molar-refractivity contribution in [2.45, 2.75) is 6.92 Å². The van der Waals surface area contributed by atoms with E-state index in [1.807, 2.05) is 0 Å². The third-order valence-electron chi connectivity index (χ3n) is 2.06. The van der Waals surface area contributed by atoms with Crippen LogP contribution in [0.2, 0.25) is 0 Å². The Hall–Kier alpha value is -2.50. The first-order chi connectivity index (χ1) is 8.60. The summed E-state index contributed by atoms with van der Waals surface area (Å²) in [5, 5.41) is 16.1. The van der Waals surface area contributed by atoms with E-state index in [1.165, 1.54) is 20.1 Å². The fraction of sp³-hybridized carbons (Fsp3) is 0.167. The molecule has 0 saturated heterocycles. The molecular formula is C12H12N2O4. The van der Waals surface area contributed by atoms with Gasteiger partial charge in [-0.15, -0.1) is 10.2 Å². The molecule has 0 unspecified atom stereocenters. The lowest BCUT2D eigenvalue weighted by molar-refractivity contribution is -0.113. The number of hydrogen-bond acceptors (Lipinski definition) is 6. The largest absolute Gasteiger partial charge is 0.513 e. The molecule has 0 aliphatic rings. The van der Waals surface area contributed by atoms with Crippen LogP contribution in [0.3, 0.4) is 0 Å². The van der Waals surface area contributed by atoms with Crippen molar-refractivity contribution in [1.82, 2.24) is 0 Å². The van der Waals surface area contributed by atoms with Crippen LogP contribution in [0.4, 0.5) is 5.69 Å². The highest BCUT2D eigenvalue weighted by Gasteiger charge is 2.10. The SMILES string of the molecule is COC(=O)c1ccccc1N=NC(=CO)C(C)=O. The Morgan fingerprint density at radius 2 is 2.00 bits per heavy atom. The van der Waals surface area contributed by atoms with Gasteiger partial charge in [0.15, 0.2) is 11.5 Å². The maximum absolute atomic E-state index is 11.4. The average molecular weight is 248 g/mol. The molecule has 94 valence electrons. The molecule has 0 heterocycles. The van der Waals surface area contributed by atoms with E-state index < -0.39 is 11.8 Å². The molecular weight excluding hydrogens is 236 g/mol. The van der Waals surface area contributed by atoms with Crippen molar-refractivity contribution in [3.63, 3.8) is 0 Å². The summed E-state index contributed by atoms with van der Waals surface area (Å²) in [6.45, 7) is 1.24. The monoisotopic (exact) mass is 248 g/mol. The number of benzene rings is 1. The van der Waals surface area contributed by atoms with Gasteiger partial charge in [0.05, 0.1) is 12.7 Å². The molecule has 0 saturated carbocycles. The lowest BCUT2D eigenvalue weighted by atomic mass is 10.2. The Morgan fingerprint density at radius 3 is 2.56 bits per heavy atom. The molecule has 1 N–H and O–H groups in total. The van der Waals surface area contributed by atoms with Crippen LogP contribution in [0.5, 0.6) is 0 Å². The van der Waals surface area contributed by atoms with Gasteiger partial charge in [-0.3, -0.25) is 4.79 Å². The highest BCUT2D eigenvalue weighted by atomic mass is 16.5. The van der Waals surface area contributed by atoms with E-state index in [0.29, 0.717) is 6.26 Å². The number of esters is 1. The second kappa shape index (κ2) is 6.29. The van der Waals surface area contributed by atoms with Crippen molar-refractivity contribution in [3.05, 3.63) is 41.8 Å². The standard InChI is InChI=1S/C12H12N2O4/c1-8(16)11(7-15)14-13-10-6-4-3-5-9(10)12(17)18-2/h3-7,15H,1-2H3. The van der Waals surface area contributed by atoms with Crippen LogP contribution in [0.1, 0.15) is 17.3 Å². The summed E-state index contributed by atoms with van der Waals surface area (Å²) in [4.78, 5) is 22.4. The van der Waals surface area contributed by atoms with Crippen molar-refractivity contribution in [2.75, 3.05) is 7.11 Å². The number of carbonyl (C=O) groups excluding carboxylic acids is 2. The zero-order valence-electron chi connectivity index (χ0n) is 9.95. The Balaban J connectivity index is 3.08. The number of carbonyl (C=O) groups is 2. The second-order valence-corrected chi connectivity index (χ2v) is 3.28. The molecule has 6 nitrogen and oxygen atoms in total. The van der Waals surface area contributed by atoms with E-state index >= 15 is 0 Å². The molecule has 0 aromatic heterocycles. The maximum atomic E-state index is 11.4. The molecule has 0 fully saturated rings. The molecule has 6 heteroatoms. The van der Waals surface area contributed by atoms with Gasteiger partial charge in [-0.05, 0) is 12.1 Å². The lowest BCUT2D eigenvalue weighted by Crippen LogP contribution is -2.01. The summed E-state index contributed by atoms with van der Waals surface area (Å²) in [5.74, 6) is -0.987. The number of aliphatic hydroxyl groups excluding tert-OH is 1. The number of aliphatic hydroxyl groups is 1. The third kappa shape index (κ3) is 3.24. The van der Waals surface area contributed by atoms with E-state index in [0.717, 1.165) is 0 Å². The summed E-state index contributed by atoms with van der Waals surface area (Å²) in [6.07, 6.45) is 0.562. The molecule has 0 aliphatic heterocycles. The molecule has 0 spiro atoms. The predicted octanol–water partition coefficient (Wildman–Crippen LogP) is 2.55. The zero-order valence-corrected chi connectivity index (χ0v) is 9.95. The Bertz CT molecular complexity index is 521. The molecule has 0 radical (unpaired) electrons. The van der Waals surface area contributed by atoms with E-state index in [-0.39, 0.29) is 16.9 Å². The van der Waals surface area contributed by atoms with Gasteiger partial charge in [0.2, 0.25) is 0 Å². The predicted molar refractivity (Wildman–Crippen MR) is 63.7 cm³/mol. The molecule has 0 atom stereocenters. The van der Waals surface area contributed by atoms with Gasteiger partial charge >= 0.3 is 5.97 Å². The molecule has 0 amide bonds. The van der Waals surface area contributed by atoms with Crippen molar-refractivity contribution in [3.8, 4) is 0 Å². The van der Waals surface area contributed by atoms with Crippen molar-refractivity contribution < 1.29 is 19.4 Å². The van der Waals surface area contributed by atoms with E-state index in [1.54, 1.807) is 18.2 Å². The number of allylic oxidation sites excluding steroid dienone is 1. The number of rotatable bonds is 4. The van der Waals surface area contributed by atoms with Crippen molar-refractivity contribution >= 4 is 17.4 Å². The van der Waals surface area contributed by atoms with E-state index in [9.17, 15) is 9.59 Å². The number of ketones is 1. The lowest BCUT2D eigenvalue weighted by Gasteiger charge is -2.01. The molecule has 1 aromatic rings. The van der Waals surface area contributed by atoms with Crippen molar-refractivity contribution in [2.24, 2.45) is 10.2 Å². The summed E-state index contributed by atoms with van der Waals surface area (Å²) in [6, 6.07) is 6.39. The summed E-state index contributed by atoms with van der Waals surface area (Å²) in [5.41, 5.74) is 0.282. The fourth-order valence-electron chi connectivity index (χ4n) is 1.14. The highest BCUT2D eigenvalue weighted by molar-refractivity contribution is 5.95. The van der Waals surface area contributed by atoms with E-state index in [4.69, 9.17) is 5.11 Å². The highest BCUT2D eigenvalue weighted by Crippen LogP contribution is 2.20. The second-order valence-electron chi connectivity index (χ2n) is 3.28. The van der Waals surface area contributed by atoms with Crippen LogP contribution >= 0.6 is 0 Å². The quantitative estimate of drug-likeness (QED) is 0.384. The van der Waals surface area contributed by atoms with Crippen LogP contribution in [0, 0.1) is 0 Å². The first kappa shape index (κ1) is 13.6. The maximum Gasteiger partial charge on any atom is 0.340 e. The molecule has 0 aliphatic carbocycles. The number of azo groups is 1.